The van der Waals surface area contributed by atoms with Crippen molar-refractivity contribution in [3.05, 3.63) is 46.7 Å². The van der Waals surface area contributed by atoms with Gasteiger partial charge in [0.25, 0.3) is 0 Å². The van der Waals surface area contributed by atoms with E-state index in [4.69, 9.17) is 4.84 Å². The molecule has 1 aromatic rings. The second-order valence-electron chi connectivity index (χ2n) is 3.83. The summed E-state index contributed by atoms with van der Waals surface area (Å²) in [7, 11) is 0. The van der Waals surface area contributed by atoms with Crippen LogP contribution in [0.3, 0.4) is 0 Å². The second-order valence-corrected chi connectivity index (χ2v) is 3.83. The van der Waals surface area contributed by atoms with Crippen LogP contribution in [0.5, 0.6) is 0 Å². The minimum absolute atomic E-state index is 0.0654. The number of hydrogen-bond acceptors (Lipinski definition) is 2. The van der Waals surface area contributed by atoms with Gasteiger partial charge in [0.05, 0.1) is 0 Å². The third-order valence-electron chi connectivity index (χ3n) is 2.56. The average molecular weight is 189 g/mol. The van der Waals surface area contributed by atoms with Crippen LogP contribution in [0.1, 0.15) is 28.4 Å². The normalized spacial score (nSPS) is 19.8. The Labute approximate surface area is 84.5 Å². The molecule has 74 valence electrons. The molecule has 1 N–H and O–H groups in total. The Bertz CT molecular complexity index is 359. The molecule has 1 heterocycles. The minimum Gasteiger partial charge on any atom is -0.274 e. The van der Waals surface area contributed by atoms with Gasteiger partial charge in [0.15, 0.2) is 0 Å². The number of aryl methyl sites for hydroxylation is 3. The third-order valence-corrected chi connectivity index (χ3v) is 2.56. The van der Waals surface area contributed by atoms with E-state index in [0.29, 0.717) is 0 Å². The molecule has 2 rings (SSSR count). The van der Waals surface area contributed by atoms with Gasteiger partial charge in [-0.2, -0.15) is 0 Å². The van der Waals surface area contributed by atoms with E-state index in [1.165, 1.54) is 22.3 Å². The largest absolute Gasteiger partial charge is 0.274 e. The van der Waals surface area contributed by atoms with Crippen LogP contribution in [0, 0.1) is 20.8 Å². The van der Waals surface area contributed by atoms with E-state index >= 15 is 0 Å². The van der Waals surface area contributed by atoms with Crippen LogP contribution < -0.4 is 5.48 Å². The van der Waals surface area contributed by atoms with Crippen LogP contribution in [-0.2, 0) is 4.84 Å². The Hall–Kier alpha value is -1.28. The summed E-state index contributed by atoms with van der Waals surface area (Å²) in [6.45, 7) is 6.38. The van der Waals surface area contributed by atoms with Gasteiger partial charge >= 0.3 is 0 Å². The Morgan fingerprint density at radius 3 is 2.29 bits per heavy atom. The molecule has 0 saturated carbocycles. The predicted molar refractivity (Wildman–Crippen MR) is 56.8 cm³/mol. The smallest absolute Gasteiger partial charge is 0.131 e. The van der Waals surface area contributed by atoms with Crippen LogP contribution in [0.4, 0.5) is 0 Å². The summed E-state index contributed by atoms with van der Waals surface area (Å²) in [4.78, 5) is 5.38. The molecule has 0 fully saturated rings. The van der Waals surface area contributed by atoms with E-state index in [9.17, 15) is 0 Å². The lowest BCUT2D eigenvalue weighted by Gasteiger charge is -2.15. The molecule has 2 nitrogen and oxygen atoms in total. The Morgan fingerprint density at radius 1 is 1.14 bits per heavy atom. The fourth-order valence-corrected chi connectivity index (χ4v) is 2.07. The van der Waals surface area contributed by atoms with Crippen molar-refractivity contribution >= 4 is 0 Å². The van der Waals surface area contributed by atoms with E-state index < -0.39 is 0 Å². The summed E-state index contributed by atoms with van der Waals surface area (Å²) in [5, 5.41) is 0. The van der Waals surface area contributed by atoms with Gasteiger partial charge in [-0.3, -0.25) is 10.3 Å². The zero-order chi connectivity index (χ0) is 10.1. The standard InChI is InChI=1S/C12H15NO/c1-8-6-9(2)12(10(3)7-8)11-4-5-13-14-11/h4-7,11,13H,1-3H3. The first-order valence-electron chi connectivity index (χ1n) is 4.84. The van der Waals surface area contributed by atoms with Crippen LogP contribution in [0.2, 0.25) is 0 Å². The lowest BCUT2D eigenvalue weighted by Crippen LogP contribution is -2.07. The lowest BCUT2D eigenvalue weighted by atomic mass is 9.96. The quantitative estimate of drug-likeness (QED) is 0.733. The van der Waals surface area contributed by atoms with Gasteiger partial charge in [-0.1, -0.05) is 17.7 Å². The second kappa shape index (κ2) is 3.46. The SMILES string of the molecule is Cc1cc(C)c(C2C=CNO2)c(C)c1. The first-order chi connectivity index (χ1) is 6.68. The van der Waals surface area contributed by atoms with Gasteiger partial charge in [-0.25, -0.2) is 0 Å². The van der Waals surface area contributed by atoms with E-state index in [2.05, 4.69) is 38.4 Å². The van der Waals surface area contributed by atoms with Crippen LogP contribution >= 0.6 is 0 Å². The summed E-state index contributed by atoms with van der Waals surface area (Å²) >= 11 is 0. The monoisotopic (exact) mass is 189 g/mol. The van der Waals surface area contributed by atoms with Crippen molar-refractivity contribution in [2.75, 3.05) is 0 Å². The van der Waals surface area contributed by atoms with Crippen molar-refractivity contribution in [1.29, 1.82) is 0 Å². The van der Waals surface area contributed by atoms with Gasteiger partial charge in [0.1, 0.15) is 6.10 Å². The first kappa shape index (κ1) is 9.28. The van der Waals surface area contributed by atoms with Crippen molar-refractivity contribution in [3.8, 4) is 0 Å². The van der Waals surface area contributed by atoms with Crippen LogP contribution in [-0.4, -0.2) is 0 Å². The van der Waals surface area contributed by atoms with Crippen molar-refractivity contribution in [2.45, 2.75) is 26.9 Å². The van der Waals surface area contributed by atoms with Gasteiger partial charge < -0.3 is 0 Å². The molecule has 14 heavy (non-hydrogen) atoms. The summed E-state index contributed by atoms with van der Waals surface area (Å²) in [6.07, 6.45) is 3.93. The molecule has 0 bridgehead atoms. The number of benzene rings is 1. The maximum atomic E-state index is 5.38. The van der Waals surface area contributed by atoms with Crippen molar-refractivity contribution in [1.82, 2.24) is 5.48 Å². The number of rotatable bonds is 1. The van der Waals surface area contributed by atoms with E-state index in [1.807, 2.05) is 12.3 Å². The first-order valence-corrected chi connectivity index (χ1v) is 4.84. The van der Waals surface area contributed by atoms with Crippen molar-refractivity contribution < 1.29 is 4.84 Å². The highest BCUT2D eigenvalue weighted by atomic mass is 16.7. The highest BCUT2D eigenvalue weighted by molar-refractivity contribution is 5.40. The molecule has 0 amide bonds. The molecule has 0 aliphatic carbocycles. The maximum Gasteiger partial charge on any atom is 0.131 e. The van der Waals surface area contributed by atoms with Gasteiger partial charge in [-0.15, -0.1) is 0 Å². The fraction of sp³-hybridized carbons (Fsp3) is 0.333. The predicted octanol–water partition coefficient (Wildman–Crippen LogP) is 2.70. The molecule has 1 aliphatic heterocycles. The highest BCUT2D eigenvalue weighted by Crippen LogP contribution is 2.28. The third kappa shape index (κ3) is 1.53. The molecule has 1 unspecified atom stereocenters. The van der Waals surface area contributed by atoms with Crippen molar-refractivity contribution in [2.24, 2.45) is 0 Å². The van der Waals surface area contributed by atoms with Crippen LogP contribution in [0.25, 0.3) is 0 Å². The topological polar surface area (TPSA) is 21.3 Å². The zero-order valence-electron chi connectivity index (χ0n) is 8.79. The summed E-state index contributed by atoms with van der Waals surface area (Å²) in [6, 6.07) is 4.38. The molecule has 1 atom stereocenters. The molecular weight excluding hydrogens is 174 g/mol. The van der Waals surface area contributed by atoms with Gasteiger partial charge in [0, 0.05) is 6.20 Å². The molecule has 1 aliphatic rings. The van der Waals surface area contributed by atoms with Crippen molar-refractivity contribution in [3.63, 3.8) is 0 Å². The van der Waals surface area contributed by atoms with E-state index in [-0.39, 0.29) is 6.10 Å². The van der Waals surface area contributed by atoms with E-state index in [1.54, 1.807) is 0 Å². The summed E-state index contributed by atoms with van der Waals surface area (Å²) in [5.74, 6) is 0. The van der Waals surface area contributed by atoms with Gasteiger partial charge in [-0.05, 0) is 43.5 Å². The highest BCUT2D eigenvalue weighted by Gasteiger charge is 2.17. The summed E-state index contributed by atoms with van der Waals surface area (Å²) in [5.41, 5.74) is 7.92. The van der Waals surface area contributed by atoms with Gasteiger partial charge in [0.2, 0.25) is 0 Å². The molecular formula is C12H15NO. The fourth-order valence-electron chi connectivity index (χ4n) is 2.07. The number of nitrogens with one attached hydrogen (secondary N) is 1. The lowest BCUT2D eigenvalue weighted by molar-refractivity contribution is 0.0463. The van der Waals surface area contributed by atoms with E-state index in [0.717, 1.165) is 0 Å². The minimum atomic E-state index is 0.0654. The Kier molecular flexibility index (Phi) is 2.30. The number of hydrogen-bond donors (Lipinski definition) is 1. The average Bonchev–Trinajstić information content (AvgIpc) is 2.54. The Balaban J connectivity index is 2.46. The zero-order valence-corrected chi connectivity index (χ0v) is 8.79. The molecule has 2 heteroatoms. The summed E-state index contributed by atoms with van der Waals surface area (Å²) < 4.78 is 0. The molecule has 0 aromatic heterocycles. The van der Waals surface area contributed by atoms with Crippen LogP contribution in [0.15, 0.2) is 24.4 Å². The molecule has 1 aromatic carbocycles. The maximum absolute atomic E-state index is 5.38. The molecule has 0 spiro atoms. The molecule has 0 radical (unpaired) electrons. The Morgan fingerprint density at radius 2 is 1.79 bits per heavy atom. The number of hydroxylamine groups is 1. The molecule has 0 saturated heterocycles.